The molecule has 0 saturated heterocycles. The fraction of sp³-hybridized carbons (Fsp3) is 0.100. The highest BCUT2D eigenvalue weighted by molar-refractivity contribution is 7.20. The molecule has 3 aromatic heterocycles. The molecule has 0 spiro atoms. The zero-order chi connectivity index (χ0) is 20.8. The number of oxazole rings is 1. The molecule has 0 saturated carbocycles. The van der Waals surface area contributed by atoms with Crippen LogP contribution in [0, 0.1) is 12.7 Å². The van der Waals surface area contributed by atoms with Crippen molar-refractivity contribution >= 4 is 44.4 Å². The minimum atomic E-state index is -0.613. The van der Waals surface area contributed by atoms with Gasteiger partial charge in [-0.3, -0.25) is 9.36 Å². The lowest BCUT2D eigenvalue weighted by Gasteiger charge is -2.07. The number of hydrogen-bond donors (Lipinski definition) is 1. The molecule has 1 N–H and O–H groups in total. The van der Waals surface area contributed by atoms with Crippen molar-refractivity contribution in [2.45, 2.75) is 13.5 Å². The number of benzene rings is 2. The SMILES string of the molecule is Cc1cc(NC(=O)Cn2c(=O)oc3ccccc32)n(-c2nc3c(F)cccc3s2)n1. The van der Waals surface area contributed by atoms with E-state index in [0.29, 0.717) is 32.4 Å². The molecule has 0 radical (unpaired) electrons. The minimum Gasteiger partial charge on any atom is -0.408 e. The molecule has 0 aliphatic heterocycles. The molecule has 0 bridgehead atoms. The van der Waals surface area contributed by atoms with Crippen LogP contribution in [0.3, 0.4) is 0 Å². The third-order valence-corrected chi connectivity index (χ3v) is 5.51. The smallest absolute Gasteiger partial charge is 0.408 e. The molecule has 150 valence electrons. The molecule has 5 aromatic rings. The van der Waals surface area contributed by atoms with Crippen molar-refractivity contribution in [3.8, 4) is 5.13 Å². The summed E-state index contributed by atoms with van der Waals surface area (Å²) in [6.07, 6.45) is 0. The Morgan fingerprint density at radius 1 is 1.23 bits per heavy atom. The van der Waals surface area contributed by atoms with E-state index in [1.165, 1.54) is 26.7 Å². The molecule has 0 atom stereocenters. The van der Waals surface area contributed by atoms with Gasteiger partial charge < -0.3 is 9.73 Å². The number of anilines is 1. The summed E-state index contributed by atoms with van der Waals surface area (Å²) in [5, 5.41) is 7.54. The lowest BCUT2D eigenvalue weighted by molar-refractivity contribution is -0.116. The largest absolute Gasteiger partial charge is 0.420 e. The summed E-state index contributed by atoms with van der Waals surface area (Å²) in [6, 6.07) is 13.3. The van der Waals surface area contributed by atoms with E-state index in [1.54, 1.807) is 49.4 Å². The first-order valence-electron chi connectivity index (χ1n) is 9.00. The first kappa shape index (κ1) is 18.3. The minimum absolute atomic E-state index is 0.228. The molecule has 0 aliphatic rings. The van der Waals surface area contributed by atoms with Gasteiger partial charge in [-0.25, -0.2) is 14.2 Å². The molecular weight excluding hydrogens is 409 g/mol. The van der Waals surface area contributed by atoms with E-state index in [9.17, 15) is 14.0 Å². The van der Waals surface area contributed by atoms with E-state index < -0.39 is 17.5 Å². The molecule has 10 heteroatoms. The molecule has 0 fully saturated rings. The van der Waals surface area contributed by atoms with Gasteiger partial charge in [0, 0.05) is 6.07 Å². The number of carbonyl (C=O) groups excluding carboxylic acids is 1. The maximum Gasteiger partial charge on any atom is 0.420 e. The molecule has 1 amide bonds. The van der Waals surface area contributed by atoms with Crippen LogP contribution in [-0.2, 0) is 11.3 Å². The van der Waals surface area contributed by atoms with Crippen molar-refractivity contribution in [1.29, 1.82) is 0 Å². The maximum atomic E-state index is 14.0. The van der Waals surface area contributed by atoms with E-state index in [1.807, 2.05) is 0 Å². The normalized spacial score (nSPS) is 11.4. The van der Waals surface area contributed by atoms with Crippen LogP contribution in [0.25, 0.3) is 26.4 Å². The number of hydrogen-bond acceptors (Lipinski definition) is 6. The fourth-order valence-electron chi connectivity index (χ4n) is 3.22. The maximum absolute atomic E-state index is 14.0. The van der Waals surface area contributed by atoms with Gasteiger partial charge in [0.2, 0.25) is 11.0 Å². The Labute approximate surface area is 172 Å². The van der Waals surface area contributed by atoms with E-state index in [4.69, 9.17) is 4.42 Å². The van der Waals surface area contributed by atoms with Crippen molar-refractivity contribution in [3.05, 3.63) is 70.6 Å². The number of carbonyl (C=O) groups is 1. The monoisotopic (exact) mass is 423 g/mol. The number of fused-ring (bicyclic) bond motifs is 2. The Morgan fingerprint density at radius 2 is 2.07 bits per heavy atom. The van der Waals surface area contributed by atoms with Crippen LogP contribution >= 0.6 is 11.3 Å². The van der Waals surface area contributed by atoms with Gasteiger partial charge in [-0.05, 0) is 31.2 Å². The number of halogens is 1. The quantitative estimate of drug-likeness (QED) is 0.478. The number of rotatable bonds is 4. The molecule has 5 rings (SSSR count). The lowest BCUT2D eigenvalue weighted by Crippen LogP contribution is -2.25. The predicted octanol–water partition coefficient (Wildman–Crippen LogP) is 3.48. The Hall–Kier alpha value is -3.79. The van der Waals surface area contributed by atoms with Crippen LogP contribution in [0.4, 0.5) is 10.2 Å². The van der Waals surface area contributed by atoms with Gasteiger partial charge in [0.25, 0.3) is 0 Å². The second-order valence-electron chi connectivity index (χ2n) is 6.64. The highest BCUT2D eigenvalue weighted by atomic mass is 32.1. The summed E-state index contributed by atoms with van der Waals surface area (Å²) in [5.74, 6) is -1.09. The second kappa shape index (κ2) is 6.92. The van der Waals surface area contributed by atoms with Crippen LogP contribution in [-0.4, -0.2) is 25.2 Å². The Kier molecular flexibility index (Phi) is 4.21. The molecule has 0 unspecified atom stereocenters. The molecule has 30 heavy (non-hydrogen) atoms. The van der Waals surface area contributed by atoms with Crippen molar-refractivity contribution in [3.63, 3.8) is 0 Å². The topological polar surface area (TPSA) is 95.0 Å². The van der Waals surface area contributed by atoms with E-state index in [0.717, 1.165) is 0 Å². The van der Waals surface area contributed by atoms with Crippen LogP contribution in [0.1, 0.15) is 5.69 Å². The van der Waals surface area contributed by atoms with Gasteiger partial charge >= 0.3 is 5.76 Å². The van der Waals surface area contributed by atoms with E-state index >= 15 is 0 Å². The number of thiazole rings is 1. The average molecular weight is 423 g/mol. The van der Waals surface area contributed by atoms with Crippen molar-refractivity contribution < 1.29 is 13.6 Å². The Balaban J connectivity index is 1.46. The number of aryl methyl sites for hydroxylation is 1. The van der Waals surface area contributed by atoms with Crippen molar-refractivity contribution in [2.24, 2.45) is 0 Å². The van der Waals surface area contributed by atoms with Gasteiger partial charge in [0.05, 0.1) is 15.9 Å². The summed E-state index contributed by atoms with van der Waals surface area (Å²) in [7, 11) is 0. The van der Waals surface area contributed by atoms with Crippen LogP contribution in [0.2, 0.25) is 0 Å². The number of nitrogens with one attached hydrogen (secondary N) is 1. The summed E-state index contributed by atoms with van der Waals surface area (Å²) < 4.78 is 22.6. The molecule has 3 heterocycles. The Bertz CT molecular complexity index is 1480. The summed E-state index contributed by atoms with van der Waals surface area (Å²) in [6.45, 7) is 1.54. The number of aromatic nitrogens is 4. The van der Waals surface area contributed by atoms with Gasteiger partial charge in [-0.1, -0.05) is 29.5 Å². The highest BCUT2D eigenvalue weighted by Gasteiger charge is 2.17. The standard InChI is InChI=1S/C20H14FN5O3S/c1-11-9-16(26(24-11)19-23-18-12(21)5-4-8-15(18)30-19)22-17(27)10-25-13-6-2-3-7-14(13)29-20(25)28/h2-9H,10H2,1H3,(H,22,27). The highest BCUT2D eigenvalue weighted by Crippen LogP contribution is 2.28. The molecule has 0 aliphatic carbocycles. The zero-order valence-corrected chi connectivity index (χ0v) is 16.4. The van der Waals surface area contributed by atoms with Crippen molar-refractivity contribution in [2.75, 3.05) is 5.32 Å². The van der Waals surface area contributed by atoms with Gasteiger partial charge in [-0.15, -0.1) is 0 Å². The van der Waals surface area contributed by atoms with Crippen LogP contribution < -0.4 is 11.1 Å². The Morgan fingerprint density at radius 3 is 2.90 bits per heavy atom. The predicted molar refractivity (Wildman–Crippen MR) is 111 cm³/mol. The van der Waals surface area contributed by atoms with E-state index in [2.05, 4.69) is 15.4 Å². The van der Waals surface area contributed by atoms with Crippen molar-refractivity contribution in [1.82, 2.24) is 19.3 Å². The number of amides is 1. The van der Waals surface area contributed by atoms with Gasteiger partial charge in [0.15, 0.2) is 5.58 Å². The average Bonchev–Trinajstić information content (AvgIpc) is 3.38. The third kappa shape index (κ3) is 3.07. The molecule has 8 nitrogen and oxygen atoms in total. The van der Waals surface area contributed by atoms with Gasteiger partial charge in [0.1, 0.15) is 23.7 Å². The third-order valence-electron chi connectivity index (χ3n) is 4.51. The first-order valence-corrected chi connectivity index (χ1v) is 9.81. The molecule has 2 aromatic carbocycles. The summed E-state index contributed by atoms with van der Waals surface area (Å²) >= 11 is 1.26. The molecular formula is C20H14FN5O3S. The van der Waals surface area contributed by atoms with Gasteiger partial charge in [-0.2, -0.15) is 9.78 Å². The second-order valence-corrected chi connectivity index (χ2v) is 7.64. The first-order chi connectivity index (χ1) is 14.5. The van der Waals surface area contributed by atoms with E-state index in [-0.39, 0.29) is 12.1 Å². The number of para-hydroxylation sites is 3. The lowest BCUT2D eigenvalue weighted by atomic mass is 10.3. The summed E-state index contributed by atoms with van der Waals surface area (Å²) in [4.78, 5) is 29.1. The fourth-order valence-corrected chi connectivity index (χ4v) is 4.16. The van der Waals surface area contributed by atoms with Crippen LogP contribution in [0.5, 0.6) is 0 Å². The van der Waals surface area contributed by atoms with Crippen LogP contribution in [0.15, 0.2) is 57.7 Å². The number of nitrogens with zero attached hydrogens (tertiary/aromatic N) is 4. The zero-order valence-electron chi connectivity index (χ0n) is 15.6. The summed E-state index contributed by atoms with van der Waals surface area (Å²) in [5.41, 5.74) is 1.84.